The fraction of sp³-hybridized carbons (Fsp3) is 0.579. The lowest BCUT2D eigenvalue weighted by molar-refractivity contribution is -0.122. The van der Waals surface area contributed by atoms with Crippen molar-refractivity contribution in [1.29, 1.82) is 0 Å². The van der Waals surface area contributed by atoms with E-state index in [1.165, 1.54) is 12.1 Å². The van der Waals surface area contributed by atoms with E-state index in [-0.39, 0.29) is 29.4 Å². The van der Waals surface area contributed by atoms with Gasteiger partial charge in [0.1, 0.15) is 0 Å². The van der Waals surface area contributed by atoms with E-state index in [9.17, 15) is 9.59 Å². The SMILES string of the molecule is CC(C)(C)C1OCCCC1CNC(=O)Cc1ccc(C(=O)O)cc1. The number of ether oxygens (including phenoxy) is 1. The van der Waals surface area contributed by atoms with Crippen molar-refractivity contribution in [2.24, 2.45) is 11.3 Å². The molecular weight excluding hydrogens is 306 g/mol. The fourth-order valence-electron chi connectivity index (χ4n) is 3.27. The van der Waals surface area contributed by atoms with E-state index in [1.807, 2.05) is 0 Å². The van der Waals surface area contributed by atoms with Gasteiger partial charge in [0.25, 0.3) is 0 Å². The number of carbonyl (C=O) groups is 2. The number of hydrogen-bond acceptors (Lipinski definition) is 3. The first kappa shape index (κ1) is 18.5. The van der Waals surface area contributed by atoms with Gasteiger partial charge in [0, 0.05) is 19.1 Å². The van der Waals surface area contributed by atoms with Crippen LogP contribution in [0.25, 0.3) is 0 Å². The molecule has 1 aliphatic rings. The number of benzene rings is 1. The quantitative estimate of drug-likeness (QED) is 0.869. The highest BCUT2D eigenvalue weighted by Crippen LogP contribution is 2.33. The Morgan fingerprint density at radius 1 is 1.25 bits per heavy atom. The third kappa shape index (κ3) is 5.06. The number of aromatic carboxylic acids is 1. The van der Waals surface area contributed by atoms with Gasteiger partial charge in [0.15, 0.2) is 0 Å². The third-order valence-electron chi connectivity index (χ3n) is 4.43. The summed E-state index contributed by atoms with van der Waals surface area (Å²) in [4.78, 5) is 23.0. The lowest BCUT2D eigenvalue weighted by atomic mass is 9.78. The zero-order valence-corrected chi connectivity index (χ0v) is 14.7. The first-order chi connectivity index (χ1) is 11.3. The highest BCUT2D eigenvalue weighted by atomic mass is 16.5. The second kappa shape index (κ2) is 7.79. The van der Waals surface area contributed by atoms with Crippen molar-refractivity contribution in [1.82, 2.24) is 5.32 Å². The summed E-state index contributed by atoms with van der Waals surface area (Å²) in [6.45, 7) is 7.92. The smallest absolute Gasteiger partial charge is 0.335 e. The van der Waals surface area contributed by atoms with Crippen LogP contribution in [0.1, 0.15) is 49.5 Å². The molecule has 2 atom stereocenters. The van der Waals surface area contributed by atoms with Gasteiger partial charge in [0.2, 0.25) is 5.91 Å². The molecule has 0 saturated carbocycles. The Bertz CT molecular complexity index is 574. The first-order valence-electron chi connectivity index (χ1n) is 8.48. The molecule has 1 amide bonds. The van der Waals surface area contributed by atoms with Crippen LogP contribution in [0, 0.1) is 11.3 Å². The van der Waals surface area contributed by atoms with Crippen molar-refractivity contribution in [2.75, 3.05) is 13.2 Å². The maximum absolute atomic E-state index is 12.2. The van der Waals surface area contributed by atoms with E-state index in [0.717, 1.165) is 25.0 Å². The number of carboxylic acid groups (broad SMARTS) is 1. The Morgan fingerprint density at radius 2 is 1.92 bits per heavy atom. The Hall–Kier alpha value is -1.88. The minimum Gasteiger partial charge on any atom is -0.478 e. The molecule has 2 rings (SSSR count). The second-order valence-electron chi connectivity index (χ2n) is 7.54. The standard InChI is InChI=1S/C19H27NO4/c1-19(2,3)17-15(5-4-10-24-17)12-20-16(21)11-13-6-8-14(9-7-13)18(22)23/h6-9,15,17H,4-5,10-12H2,1-3H3,(H,20,21)(H,22,23). The fourth-order valence-corrected chi connectivity index (χ4v) is 3.27. The van der Waals surface area contributed by atoms with Crippen LogP contribution < -0.4 is 5.32 Å². The molecule has 1 aromatic rings. The van der Waals surface area contributed by atoms with E-state index >= 15 is 0 Å². The monoisotopic (exact) mass is 333 g/mol. The number of nitrogens with one attached hydrogen (secondary N) is 1. The third-order valence-corrected chi connectivity index (χ3v) is 4.43. The van der Waals surface area contributed by atoms with Crippen LogP contribution >= 0.6 is 0 Å². The minimum absolute atomic E-state index is 0.0451. The summed E-state index contributed by atoms with van der Waals surface area (Å²) in [5, 5.41) is 11.9. The summed E-state index contributed by atoms with van der Waals surface area (Å²) in [6, 6.07) is 6.42. The number of rotatable bonds is 5. The number of carbonyl (C=O) groups excluding carboxylic acids is 1. The van der Waals surface area contributed by atoms with Gasteiger partial charge in [-0.3, -0.25) is 4.79 Å². The normalized spacial score (nSPS) is 21.3. The maximum Gasteiger partial charge on any atom is 0.335 e. The van der Waals surface area contributed by atoms with Crippen LogP contribution in [0.3, 0.4) is 0 Å². The molecule has 1 saturated heterocycles. The van der Waals surface area contributed by atoms with Crippen molar-refractivity contribution >= 4 is 11.9 Å². The largest absolute Gasteiger partial charge is 0.478 e. The van der Waals surface area contributed by atoms with Gasteiger partial charge in [-0.2, -0.15) is 0 Å². The van der Waals surface area contributed by atoms with Crippen molar-refractivity contribution in [3.05, 3.63) is 35.4 Å². The predicted octanol–water partition coefficient (Wildman–Crippen LogP) is 2.88. The van der Waals surface area contributed by atoms with Gasteiger partial charge >= 0.3 is 5.97 Å². The molecule has 2 unspecified atom stereocenters. The molecule has 0 bridgehead atoms. The molecular formula is C19H27NO4. The van der Waals surface area contributed by atoms with Gasteiger partial charge in [-0.25, -0.2) is 4.79 Å². The minimum atomic E-state index is -0.962. The van der Waals surface area contributed by atoms with Crippen molar-refractivity contribution in [3.8, 4) is 0 Å². The lowest BCUT2D eigenvalue weighted by Gasteiger charge is -2.40. The van der Waals surface area contributed by atoms with Crippen LogP contribution in [-0.2, 0) is 16.0 Å². The van der Waals surface area contributed by atoms with Gasteiger partial charge in [-0.05, 0) is 36.0 Å². The van der Waals surface area contributed by atoms with Crippen LogP contribution in [0.5, 0.6) is 0 Å². The number of carboxylic acids is 1. The van der Waals surface area contributed by atoms with Crippen molar-refractivity contribution in [3.63, 3.8) is 0 Å². The number of amides is 1. The summed E-state index contributed by atoms with van der Waals surface area (Å²) >= 11 is 0. The van der Waals surface area contributed by atoms with E-state index in [0.29, 0.717) is 12.5 Å². The predicted molar refractivity (Wildman–Crippen MR) is 92.0 cm³/mol. The van der Waals surface area contributed by atoms with E-state index in [4.69, 9.17) is 9.84 Å². The molecule has 5 heteroatoms. The molecule has 5 nitrogen and oxygen atoms in total. The maximum atomic E-state index is 12.2. The topological polar surface area (TPSA) is 75.6 Å². The van der Waals surface area contributed by atoms with Crippen molar-refractivity contribution in [2.45, 2.75) is 46.1 Å². The zero-order valence-electron chi connectivity index (χ0n) is 14.7. The van der Waals surface area contributed by atoms with E-state index < -0.39 is 5.97 Å². The summed E-state index contributed by atoms with van der Waals surface area (Å²) in [6.07, 6.45) is 2.51. The molecule has 0 radical (unpaired) electrons. The van der Waals surface area contributed by atoms with Crippen LogP contribution in [0.2, 0.25) is 0 Å². The van der Waals surface area contributed by atoms with Crippen LogP contribution in [-0.4, -0.2) is 36.2 Å². The molecule has 0 aliphatic carbocycles. The van der Waals surface area contributed by atoms with Crippen LogP contribution in [0.4, 0.5) is 0 Å². The molecule has 2 N–H and O–H groups in total. The van der Waals surface area contributed by atoms with E-state index in [2.05, 4.69) is 26.1 Å². The van der Waals surface area contributed by atoms with Gasteiger partial charge in [0.05, 0.1) is 18.1 Å². The summed E-state index contributed by atoms with van der Waals surface area (Å²) < 4.78 is 5.93. The Balaban J connectivity index is 1.86. The van der Waals surface area contributed by atoms with Gasteiger partial charge in [-0.1, -0.05) is 32.9 Å². The van der Waals surface area contributed by atoms with Gasteiger partial charge in [-0.15, -0.1) is 0 Å². The van der Waals surface area contributed by atoms with E-state index in [1.54, 1.807) is 12.1 Å². The first-order valence-corrected chi connectivity index (χ1v) is 8.48. The van der Waals surface area contributed by atoms with Crippen LogP contribution in [0.15, 0.2) is 24.3 Å². The lowest BCUT2D eigenvalue weighted by Crippen LogP contribution is -2.45. The molecule has 1 aromatic carbocycles. The molecule has 0 aromatic heterocycles. The Morgan fingerprint density at radius 3 is 2.50 bits per heavy atom. The molecule has 1 fully saturated rings. The highest BCUT2D eigenvalue weighted by molar-refractivity contribution is 5.87. The van der Waals surface area contributed by atoms with Gasteiger partial charge < -0.3 is 15.2 Å². The molecule has 24 heavy (non-hydrogen) atoms. The van der Waals surface area contributed by atoms with Crippen molar-refractivity contribution < 1.29 is 19.4 Å². The molecule has 0 spiro atoms. The summed E-state index contributed by atoms with van der Waals surface area (Å²) in [7, 11) is 0. The summed E-state index contributed by atoms with van der Waals surface area (Å²) in [5.74, 6) is -0.676. The average molecular weight is 333 g/mol. The summed E-state index contributed by atoms with van der Waals surface area (Å²) in [5.41, 5.74) is 1.10. The molecule has 1 aliphatic heterocycles. The second-order valence-corrected chi connectivity index (χ2v) is 7.54. The Kier molecular flexibility index (Phi) is 5.99. The zero-order chi connectivity index (χ0) is 17.7. The number of hydrogen-bond donors (Lipinski definition) is 2. The Labute approximate surface area is 143 Å². The average Bonchev–Trinajstić information content (AvgIpc) is 2.53. The molecule has 1 heterocycles. The molecule has 132 valence electrons. The highest BCUT2D eigenvalue weighted by Gasteiger charge is 2.35.